The fraction of sp³-hybridized carbons (Fsp3) is 0.294. The van der Waals surface area contributed by atoms with Crippen LogP contribution in [-0.4, -0.2) is 0 Å². The normalized spacial score (nSPS) is 13.7. The summed E-state index contributed by atoms with van der Waals surface area (Å²) in [7, 11) is 0. The minimum Gasteiger partial charge on any atom is -0.398 e. The van der Waals surface area contributed by atoms with Crippen molar-refractivity contribution in [1.82, 2.24) is 0 Å². The molecule has 0 fully saturated rings. The molecule has 1 aromatic rings. The summed E-state index contributed by atoms with van der Waals surface area (Å²) in [6, 6.07) is 6.18. The molecule has 1 aromatic carbocycles. The van der Waals surface area contributed by atoms with E-state index in [0.717, 1.165) is 29.7 Å². The Hall–Kier alpha value is -1.76. The van der Waals surface area contributed by atoms with E-state index in [1.165, 1.54) is 5.56 Å². The maximum Gasteiger partial charge on any atom is 0.0349 e. The zero-order chi connectivity index (χ0) is 13.8. The molecule has 0 aliphatic carbocycles. The molecule has 0 saturated carbocycles. The molecule has 0 saturated heterocycles. The van der Waals surface area contributed by atoms with Crippen molar-refractivity contribution in [2.45, 2.75) is 32.1 Å². The van der Waals surface area contributed by atoms with Gasteiger partial charge >= 0.3 is 0 Å². The highest BCUT2D eigenvalue weighted by Crippen LogP contribution is 2.37. The van der Waals surface area contributed by atoms with Gasteiger partial charge in [0.2, 0.25) is 0 Å². The summed E-state index contributed by atoms with van der Waals surface area (Å²) < 4.78 is 0. The second kappa shape index (κ2) is 5.72. The molecule has 1 unspecified atom stereocenters. The van der Waals surface area contributed by atoms with Crippen molar-refractivity contribution in [3.05, 3.63) is 66.8 Å². The van der Waals surface area contributed by atoms with Crippen molar-refractivity contribution in [1.29, 1.82) is 0 Å². The maximum atomic E-state index is 5.98. The van der Waals surface area contributed by atoms with E-state index in [4.69, 9.17) is 5.73 Å². The molecule has 18 heavy (non-hydrogen) atoms. The number of allylic oxidation sites excluding steroid dienone is 3. The highest BCUT2D eigenvalue weighted by molar-refractivity contribution is 5.53. The van der Waals surface area contributed by atoms with Gasteiger partial charge in [0.15, 0.2) is 0 Å². The van der Waals surface area contributed by atoms with Crippen molar-refractivity contribution in [2.75, 3.05) is 5.73 Å². The molecule has 0 aliphatic heterocycles. The minimum atomic E-state index is -0.163. The van der Waals surface area contributed by atoms with E-state index in [9.17, 15) is 0 Å². The van der Waals surface area contributed by atoms with Gasteiger partial charge in [0.1, 0.15) is 0 Å². The standard InChI is InChI=1S/C17H23N/c1-6-9-14-12-15(10-11-16(14)18)17(7-2,8-3)13(4)5/h6-7,10-12H,1-2,4,8-9,18H2,3,5H3. The van der Waals surface area contributed by atoms with Gasteiger partial charge in [-0.3, -0.25) is 0 Å². The van der Waals surface area contributed by atoms with Gasteiger partial charge in [0, 0.05) is 11.1 Å². The molecule has 0 aliphatic rings. The fourth-order valence-corrected chi connectivity index (χ4v) is 2.40. The van der Waals surface area contributed by atoms with Crippen LogP contribution in [0.4, 0.5) is 5.69 Å². The summed E-state index contributed by atoms with van der Waals surface area (Å²) in [4.78, 5) is 0. The number of nitrogen functional groups attached to an aromatic ring is 1. The summed E-state index contributed by atoms with van der Waals surface area (Å²) in [6.07, 6.45) is 5.59. The SMILES string of the molecule is C=CCc1cc(C(C=C)(CC)C(=C)C)ccc1N. The number of anilines is 1. The van der Waals surface area contributed by atoms with Crippen molar-refractivity contribution in [3.63, 3.8) is 0 Å². The summed E-state index contributed by atoms with van der Waals surface area (Å²) >= 11 is 0. The Bertz CT molecular complexity index is 470. The van der Waals surface area contributed by atoms with Crippen LogP contribution in [0, 0.1) is 0 Å². The summed E-state index contributed by atoms with van der Waals surface area (Å²) in [5, 5.41) is 0. The summed E-state index contributed by atoms with van der Waals surface area (Å²) in [5.74, 6) is 0. The van der Waals surface area contributed by atoms with Crippen LogP contribution in [0.3, 0.4) is 0 Å². The summed E-state index contributed by atoms with van der Waals surface area (Å²) in [5.41, 5.74) is 10.1. The van der Waals surface area contributed by atoms with Crippen molar-refractivity contribution < 1.29 is 0 Å². The fourth-order valence-electron chi connectivity index (χ4n) is 2.40. The first-order valence-corrected chi connectivity index (χ1v) is 6.31. The molecule has 0 amide bonds. The molecule has 1 rings (SSSR count). The van der Waals surface area contributed by atoms with E-state index < -0.39 is 0 Å². The van der Waals surface area contributed by atoms with E-state index in [2.05, 4.69) is 45.7 Å². The third-order valence-electron chi connectivity index (χ3n) is 3.69. The molecular weight excluding hydrogens is 218 g/mol. The minimum absolute atomic E-state index is 0.163. The average Bonchev–Trinajstić information content (AvgIpc) is 2.35. The molecular formula is C17H23N. The Morgan fingerprint density at radius 3 is 2.50 bits per heavy atom. The van der Waals surface area contributed by atoms with Crippen molar-refractivity contribution in [3.8, 4) is 0 Å². The smallest absolute Gasteiger partial charge is 0.0349 e. The molecule has 2 N–H and O–H groups in total. The van der Waals surface area contributed by atoms with Crippen molar-refractivity contribution >= 4 is 5.69 Å². The Morgan fingerprint density at radius 2 is 2.06 bits per heavy atom. The molecule has 1 heteroatoms. The first kappa shape index (κ1) is 14.3. The molecule has 0 heterocycles. The number of nitrogens with two attached hydrogens (primary N) is 1. The van der Waals surface area contributed by atoms with E-state index >= 15 is 0 Å². The van der Waals surface area contributed by atoms with Crippen LogP contribution in [0.5, 0.6) is 0 Å². The molecule has 96 valence electrons. The van der Waals surface area contributed by atoms with Gasteiger partial charge in [0.05, 0.1) is 0 Å². The topological polar surface area (TPSA) is 26.0 Å². The lowest BCUT2D eigenvalue weighted by molar-refractivity contribution is 0.606. The average molecular weight is 241 g/mol. The van der Waals surface area contributed by atoms with Gasteiger partial charge in [0.25, 0.3) is 0 Å². The highest BCUT2D eigenvalue weighted by Gasteiger charge is 2.28. The molecule has 0 bridgehead atoms. The van der Waals surface area contributed by atoms with Gasteiger partial charge in [-0.1, -0.05) is 43.4 Å². The van der Waals surface area contributed by atoms with Gasteiger partial charge in [-0.15, -0.1) is 13.2 Å². The van der Waals surface area contributed by atoms with Crippen LogP contribution in [0.15, 0.2) is 55.7 Å². The van der Waals surface area contributed by atoms with Gasteiger partial charge in [-0.05, 0) is 37.0 Å². The molecule has 0 radical (unpaired) electrons. The lowest BCUT2D eigenvalue weighted by atomic mass is 9.73. The lowest BCUT2D eigenvalue weighted by Crippen LogP contribution is -2.23. The van der Waals surface area contributed by atoms with Crippen LogP contribution >= 0.6 is 0 Å². The highest BCUT2D eigenvalue weighted by atomic mass is 14.6. The lowest BCUT2D eigenvalue weighted by Gasteiger charge is -2.31. The third-order valence-corrected chi connectivity index (χ3v) is 3.69. The Labute approximate surface area is 111 Å². The van der Waals surface area contributed by atoms with Crippen LogP contribution in [0.25, 0.3) is 0 Å². The zero-order valence-electron chi connectivity index (χ0n) is 11.5. The Morgan fingerprint density at radius 1 is 1.39 bits per heavy atom. The number of hydrogen-bond donors (Lipinski definition) is 1. The van der Waals surface area contributed by atoms with E-state index in [1.807, 2.05) is 18.2 Å². The molecule has 1 nitrogen and oxygen atoms in total. The first-order valence-electron chi connectivity index (χ1n) is 6.31. The Balaban J connectivity index is 3.38. The summed E-state index contributed by atoms with van der Waals surface area (Å²) in [6.45, 7) is 16.1. The van der Waals surface area contributed by atoms with E-state index in [-0.39, 0.29) is 5.41 Å². The van der Waals surface area contributed by atoms with Crippen LogP contribution in [0.2, 0.25) is 0 Å². The van der Waals surface area contributed by atoms with Gasteiger partial charge in [-0.2, -0.15) is 0 Å². The molecule has 0 spiro atoms. The quantitative estimate of drug-likeness (QED) is 0.579. The second-order valence-electron chi connectivity index (χ2n) is 4.72. The van der Waals surface area contributed by atoms with Crippen LogP contribution in [-0.2, 0) is 11.8 Å². The number of rotatable bonds is 6. The predicted molar refractivity (Wildman–Crippen MR) is 81.7 cm³/mol. The predicted octanol–water partition coefficient (Wildman–Crippen LogP) is 4.41. The Kier molecular flexibility index (Phi) is 4.55. The zero-order valence-corrected chi connectivity index (χ0v) is 11.5. The monoisotopic (exact) mass is 241 g/mol. The third kappa shape index (κ3) is 2.40. The van der Waals surface area contributed by atoms with Gasteiger partial charge in [-0.25, -0.2) is 0 Å². The van der Waals surface area contributed by atoms with E-state index in [0.29, 0.717) is 0 Å². The van der Waals surface area contributed by atoms with Crippen LogP contribution < -0.4 is 5.73 Å². The number of hydrogen-bond acceptors (Lipinski definition) is 1. The van der Waals surface area contributed by atoms with E-state index in [1.54, 1.807) is 0 Å². The largest absolute Gasteiger partial charge is 0.398 e. The van der Waals surface area contributed by atoms with Crippen LogP contribution in [0.1, 0.15) is 31.4 Å². The molecule has 1 atom stereocenters. The number of benzene rings is 1. The maximum absolute atomic E-state index is 5.98. The molecule has 0 aromatic heterocycles. The first-order chi connectivity index (χ1) is 8.51. The second-order valence-corrected chi connectivity index (χ2v) is 4.72. The van der Waals surface area contributed by atoms with Gasteiger partial charge < -0.3 is 5.73 Å². The van der Waals surface area contributed by atoms with Crippen molar-refractivity contribution in [2.24, 2.45) is 0 Å².